The maximum absolute atomic E-state index is 5.86. The molecule has 2 rings (SSSR count). The van der Waals surface area contributed by atoms with E-state index >= 15 is 0 Å². The number of aromatic nitrogens is 2. The van der Waals surface area contributed by atoms with E-state index in [-0.39, 0.29) is 0 Å². The number of anilines is 1. The molecule has 0 saturated carbocycles. The minimum Gasteiger partial charge on any atom is -0.357 e. The largest absolute Gasteiger partial charge is 0.357 e. The lowest BCUT2D eigenvalue weighted by molar-refractivity contribution is 0.643. The van der Waals surface area contributed by atoms with Crippen LogP contribution >= 0.6 is 11.3 Å². The van der Waals surface area contributed by atoms with Crippen molar-refractivity contribution in [3.63, 3.8) is 0 Å². The normalized spacial score (nSPS) is 12.7. The highest BCUT2D eigenvalue weighted by Crippen LogP contribution is 2.25. The third-order valence-corrected chi connectivity index (χ3v) is 4.49. The molecule has 0 spiro atoms. The molecule has 104 valence electrons. The second-order valence-electron chi connectivity index (χ2n) is 4.96. The Bertz CT molecular complexity index is 530. The van der Waals surface area contributed by atoms with Gasteiger partial charge in [-0.3, -0.25) is 4.68 Å². The average molecular weight is 278 g/mol. The second kappa shape index (κ2) is 5.75. The van der Waals surface area contributed by atoms with Crippen molar-refractivity contribution < 1.29 is 0 Å². The summed E-state index contributed by atoms with van der Waals surface area (Å²) in [6.07, 6.45) is 1.04. The lowest BCUT2D eigenvalue weighted by Crippen LogP contribution is -2.33. The molecule has 2 aromatic heterocycles. The predicted octanol–water partition coefficient (Wildman–Crippen LogP) is 2.32. The zero-order valence-corrected chi connectivity index (χ0v) is 12.9. The number of thiophene rings is 1. The van der Waals surface area contributed by atoms with Crippen LogP contribution in [0.15, 0.2) is 17.5 Å². The van der Waals surface area contributed by atoms with Crippen LogP contribution in [0.4, 0.5) is 5.82 Å². The fraction of sp³-hybridized carbons (Fsp3) is 0.500. The Hall–Kier alpha value is -1.33. The molecule has 0 aliphatic carbocycles. The Morgan fingerprint density at radius 1 is 1.53 bits per heavy atom. The summed E-state index contributed by atoms with van der Waals surface area (Å²) in [6.45, 7) is 4.79. The van der Waals surface area contributed by atoms with Crippen LogP contribution in [0.1, 0.15) is 23.1 Å². The Morgan fingerprint density at radius 3 is 2.84 bits per heavy atom. The van der Waals surface area contributed by atoms with Crippen LogP contribution in [0, 0.1) is 6.92 Å². The van der Waals surface area contributed by atoms with E-state index in [9.17, 15) is 0 Å². The molecule has 1 unspecified atom stereocenters. The van der Waals surface area contributed by atoms with Crippen molar-refractivity contribution in [2.24, 2.45) is 12.8 Å². The first-order valence-electron chi connectivity index (χ1n) is 6.52. The first kappa shape index (κ1) is 14.1. The standard InChI is InChI=1S/C14H22N4S/c1-10(8-12-6-5-7-19-12)17(3)14-13(9-15)11(2)16-18(14)4/h5-7,10H,8-9,15H2,1-4H3. The molecule has 2 heterocycles. The summed E-state index contributed by atoms with van der Waals surface area (Å²) in [5, 5.41) is 6.61. The SMILES string of the molecule is Cc1nn(C)c(N(C)C(C)Cc2cccs2)c1CN. The summed E-state index contributed by atoms with van der Waals surface area (Å²) in [5.74, 6) is 1.13. The van der Waals surface area contributed by atoms with E-state index in [2.05, 4.69) is 41.5 Å². The lowest BCUT2D eigenvalue weighted by Gasteiger charge is -2.27. The molecule has 0 aromatic carbocycles. The van der Waals surface area contributed by atoms with Crippen molar-refractivity contribution >= 4 is 17.2 Å². The molecule has 0 aliphatic rings. The van der Waals surface area contributed by atoms with Crippen LogP contribution in [-0.2, 0) is 20.0 Å². The van der Waals surface area contributed by atoms with E-state index in [1.165, 1.54) is 4.88 Å². The molecule has 1 atom stereocenters. The van der Waals surface area contributed by atoms with Gasteiger partial charge in [0.25, 0.3) is 0 Å². The molecule has 19 heavy (non-hydrogen) atoms. The molecular formula is C14H22N4S. The molecule has 4 nitrogen and oxygen atoms in total. The maximum Gasteiger partial charge on any atom is 0.131 e. The van der Waals surface area contributed by atoms with E-state index < -0.39 is 0 Å². The molecule has 0 saturated heterocycles. The van der Waals surface area contributed by atoms with E-state index in [0.29, 0.717) is 12.6 Å². The van der Waals surface area contributed by atoms with Gasteiger partial charge in [0.1, 0.15) is 5.82 Å². The average Bonchev–Trinajstić information content (AvgIpc) is 2.95. The molecule has 2 N–H and O–H groups in total. The number of likely N-dealkylation sites (N-methyl/N-ethyl adjacent to an activating group) is 1. The number of hydrogen-bond donors (Lipinski definition) is 1. The van der Waals surface area contributed by atoms with Gasteiger partial charge in [0.15, 0.2) is 0 Å². The molecule has 0 fully saturated rings. The molecular weight excluding hydrogens is 256 g/mol. The molecule has 0 radical (unpaired) electrons. The van der Waals surface area contributed by atoms with E-state index in [0.717, 1.165) is 23.5 Å². The van der Waals surface area contributed by atoms with E-state index in [1.807, 2.05) is 30.0 Å². The summed E-state index contributed by atoms with van der Waals surface area (Å²) < 4.78 is 1.93. The van der Waals surface area contributed by atoms with Crippen molar-refractivity contribution in [3.8, 4) is 0 Å². The Kier molecular flexibility index (Phi) is 4.27. The first-order chi connectivity index (χ1) is 9.04. The van der Waals surface area contributed by atoms with Crippen molar-refractivity contribution in [1.82, 2.24) is 9.78 Å². The van der Waals surface area contributed by atoms with Gasteiger partial charge in [-0.2, -0.15) is 5.10 Å². The fourth-order valence-electron chi connectivity index (χ4n) is 2.44. The summed E-state index contributed by atoms with van der Waals surface area (Å²) in [7, 11) is 4.10. The third-order valence-electron chi connectivity index (χ3n) is 3.59. The van der Waals surface area contributed by atoms with Crippen LogP contribution in [0.2, 0.25) is 0 Å². The molecule has 0 amide bonds. The zero-order valence-electron chi connectivity index (χ0n) is 12.1. The van der Waals surface area contributed by atoms with Crippen molar-refractivity contribution in [1.29, 1.82) is 0 Å². The number of nitrogens with two attached hydrogens (primary N) is 1. The van der Waals surface area contributed by atoms with Crippen LogP contribution in [0.25, 0.3) is 0 Å². The maximum atomic E-state index is 5.86. The molecule has 0 bridgehead atoms. The second-order valence-corrected chi connectivity index (χ2v) is 5.99. The highest BCUT2D eigenvalue weighted by atomic mass is 32.1. The Labute approximate surface area is 118 Å². The highest BCUT2D eigenvalue weighted by molar-refractivity contribution is 7.09. The summed E-state index contributed by atoms with van der Waals surface area (Å²) >= 11 is 1.81. The van der Waals surface area contributed by atoms with Crippen molar-refractivity contribution in [3.05, 3.63) is 33.6 Å². The number of nitrogens with zero attached hydrogens (tertiary/aromatic N) is 3. The van der Waals surface area contributed by atoms with Gasteiger partial charge in [0, 0.05) is 43.5 Å². The summed E-state index contributed by atoms with van der Waals surface area (Å²) in [5.41, 5.74) is 8.03. The summed E-state index contributed by atoms with van der Waals surface area (Å²) in [6, 6.07) is 4.71. The van der Waals surface area contributed by atoms with Gasteiger partial charge in [0.2, 0.25) is 0 Å². The van der Waals surface area contributed by atoms with Gasteiger partial charge in [-0.25, -0.2) is 0 Å². The van der Waals surface area contributed by atoms with Gasteiger partial charge < -0.3 is 10.6 Å². The number of rotatable bonds is 5. The molecule has 5 heteroatoms. The van der Waals surface area contributed by atoms with Gasteiger partial charge in [0.05, 0.1) is 5.69 Å². The van der Waals surface area contributed by atoms with E-state index in [1.54, 1.807) is 0 Å². The van der Waals surface area contributed by atoms with Gasteiger partial charge in [-0.15, -0.1) is 11.3 Å². The molecule has 0 aliphatic heterocycles. The Morgan fingerprint density at radius 2 is 2.26 bits per heavy atom. The Balaban J connectivity index is 2.21. The minimum absolute atomic E-state index is 0.416. The fourth-order valence-corrected chi connectivity index (χ4v) is 3.26. The topological polar surface area (TPSA) is 47.1 Å². The smallest absolute Gasteiger partial charge is 0.131 e. The van der Waals surface area contributed by atoms with Gasteiger partial charge >= 0.3 is 0 Å². The van der Waals surface area contributed by atoms with Gasteiger partial charge in [-0.05, 0) is 25.3 Å². The van der Waals surface area contributed by atoms with Crippen LogP contribution in [0.3, 0.4) is 0 Å². The van der Waals surface area contributed by atoms with Crippen LogP contribution < -0.4 is 10.6 Å². The monoisotopic (exact) mass is 278 g/mol. The zero-order chi connectivity index (χ0) is 14.0. The highest BCUT2D eigenvalue weighted by Gasteiger charge is 2.20. The first-order valence-corrected chi connectivity index (χ1v) is 7.40. The number of aryl methyl sites for hydroxylation is 2. The minimum atomic E-state index is 0.416. The molecule has 2 aromatic rings. The third kappa shape index (κ3) is 2.82. The van der Waals surface area contributed by atoms with Crippen molar-refractivity contribution in [2.45, 2.75) is 32.9 Å². The van der Waals surface area contributed by atoms with Crippen LogP contribution in [-0.4, -0.2) is 22.9 Å². The van der Waals surface area contributed by atoms with Crippen LogP contribution in [0.5, 0.6) is 0 Å². The van der Waals surface area contributed by atoms with Gasteiger partial charge in [-0.1, -0.05) is 6.07 Å². The number of hydrogen-bond acceptors (Lipinski definition) is 4. The lowest BCUT2D eigenvalue weighted by atomic mass is 10.1. The van der Waals surface area contributed by atoms with E-state index in [4.69, 9.17) is 5.73 Å². The predicted molar refractivity (Wildman–Crippen MR) is 81.7 cm³/mol. The quantitative estimate of drug-likeness (QED) is 0.913. The van der Waals surface area contributed by atoms with Crippen molar-refractivity contribution in [2.75, 3.05) is 11.9 Å². The summed E-state index contributed by atoms with van der Waals surface area (Å²) in [4.78, 5) is 3.69.